The molecule has 0 spiro atoms. The van der Waals surface area contributed by atoms with Gasteiger partial charge in [0.2, 0.25) is 5.95 Å². The molecule has 1 aliphatic heterocycles. The molecule has 1 aliphatic rings. The molecule has 0 radical (unpaired) electrons. The van der Waals surface area contributed by atoms with Gasteiger partial charge in [-0.3, -0.25) is 0 Å². The Morgan fingerprint density at radius 2 is 2.19 bits per heavy atom. The third kappa shape index (κ3) is 3.77. The highest BCUT2D eigenvalue weighted by Gasteiger charge is 2.22. The first kappa shape index (κ1) is 17.8. The van der Waals surface area contributed by atoms with Gasteiger partial charge in [0.15, 0.2) is 5.82 Å². The molecular weight excluding hydrogens is 371 g/mol. The lowest BCUT2D eigenvalue weighted by Crippen LogP contribution is -2.37. The van der Waals surface area contributed by atoms with Crippen molar-refractivity contribution >= 4 is 40.1 Å². The molecule has 2 aromatic heterocycles. The van der Waals surface area contributed by atoms with Gasteiger partial charge in [-0.1, -0.05) is 11.6 Å². The van der Waals surface area contributed by atoms with Crippen molar-refractivity contribution in [2.24, 2.45) is 5.92 Å². The number of aliphatic hydroxyl groups excluding tert-OH is 1. The van der Waals surface area contributed by atoms with Crippen LogP contribution in [-0.2, 0) is 0 Å². The average Bonchev–Trinajstić information content (AvgIpc) is 2.71. The van der Waals surface area contributed by atoms with Crippen LogP contribution in [0.5, 0.6) is 0 Å². The predicted octanol–water partition coefficient (Wildman–Crippen LogP) is 3.16. The van der Waals surface area contributed by atoms with E-state index >= 15 is 0 Å². The second-order valence-corrected chi connectivity index (χ2v) is 6.92. The SMILES string of the molecule is OCC1CCCN(c2ncc3ncnc(Nc4ccc(F)c(Cl)c4)c3n2)C1. The van der Waals surface area contributed by atoms with E-state index < -0.39 is 5.82 Å². The number of fused-ring (bicyclic) bond motifs is 1. The third-order valence-electron chi connectivity index (χ3n) is 4.61. The van der Waals surface area contributed by atoms with Crippen LogP contribution in [0.2, 0.25) is 5.02 Å². The summed E-state index contributed by atoms with van der Waals surface area (Å²) in [6.07, 6.45) is 5.06. The predicted molar refractivity (Wildman–Crippen MR) is 102 cm³/mol. The van der Waals surface area contributed by atoms with Crippen LogP contribution in [0.1, 0.15) is 12.8 Å². The number of hydrogen-bond acceptors (Lipinski definition) is 7. The smallest absolute Gasteiger partial charge is 0.226 e. The molecule has 1 atom stereocenters. The molecule has 0 saturated carbocycles. The first-order valence-corrected chi connectivity index (χ1v) is 9.07. The van der Waals surface area contributed by atoms with Crippen molar-refractivity contribution in [3.8, 4) is 0 Å². The zero-order valence-electron chi connectivity index (χ0n) is 14.4. The first-order chi connectivity index (χ1) is 13.1. The van der Waals surface area contributed by atoms with Crippen LogP contribution in [0.15, 0.2) is 30.7 Å². The van der Waals surface area contributed by atoms with Crippen molar-refractivity contribution < 1.29 is 9.50 Å². The molecule has 3 heterocycles. The minimum Gasteiger partial charge on any atom is -0.396 e. The van der Waals surface area contributed by atoms with E-state index in [4.69, 9.17) is 11.6 Å². The summed E-state index contributed by atoms with van der Waals surface area (Å²) < 4.78 is 13.4. The maximum absolute atomic E-state index is 13.4. The second kappa shape index (κ2) is 7.58. The van der Waals surface area contributed by atoms with Crippen molar-refractivity contribution in [1.82, 2.24) is 19.9 Å². The van der Waals surface area contributed by atoms with Gasteiger partial charge in [-0.25, -0.2) is 24.3 Å². The minimum absolute atomic E-state index is 0.0250. The van der Waals surface area contributed by atoms with Crippen LogP contribution in [0, 0.1) is 11.7 Å². The zero-order chi connectivity index (χ0) is 18.8. The molecule has 0 amide bonds. The Balaban J connectivity index is 1.67. The fraction of sp³-hybridized carbons (Fsp3) is 0.333. The largest absolute Gasteiger partial charge is 0.396 e. The summed E-state index contributed by atoms with van der Waals surface area (Å²) in [5.41, 5.74) is 1.76. The number of benzene rings is 1. The highest BCUT2D eigenvalue weighted by atomic mass is 35.5. The van der Waals surface area contributed by atoms with E-state index in [0.717, 1.165) is 19.4 Å². The zero-order valence-corrected chi connectivity index (χ0v) is 15.2. The lowest BCUT2D eigenvalue weighted by molar-refractivity contribution is 0.208. The van der Waals surface area contributed by atoms with Crippen LogP contribution in [-0.4, -0.2) is 44.7 Å². The van der Waals surface area contributed by atoms with Gasteiger partial charge in [-0.2, -0.15) is 0 Å². The maximum Gasteiger partial charge on any atom is 0.226 e. The Morgan fingerprint density at radius 3 is 3.00 bits per heavy atom. The molecule has 7 nitrogen and oxygen atoms in total. The highest BCUT2D eigenvalue weighted by Crippen LogP contribution is 2.27. The van der Waals surface area contributed by atoms with Gasteiger partial charge in [-0.15, -0.1) is 0 Å². The molecule has 27 heavy (non-hydrogen) atoms. The fourth-order valence-electron chi connectivity index (χ4n) is 3.20. The first-order valence-electron chi connectivity index (χ1n) is 8.69. The summed E-state index contributed by atoms with van der Waals surface area (Å²) in [5, 5.41) is 12.6. The molecule has 140 valence electrons. The number of aromatic nitrogens is 4. The van der Waals surface area contributed by atoms with Crippen LogP contribution in [0.4, 0.5) is 21.8 Å². The van der Waals surface area contributed by atoms with Gasteiger partial charge in [0.1, 0.15) is 23.2 Å². The van der Waals surface area contributed by atoms with E-state index in [0.29, 0.717) is 35.0 Å². The normalized spacial score (nSPS) is 17.3. The van der Waals surface area contributed by atoms with Gasteiger partial charge in [0.25, 0.3) is 0 Å². The van der Waals surface area contributed by atoms with Crippen molar-refractivity contribution in [2.45, 2.75) is 12.8 Å². The standard InChI is InChI=1S/C18H18ClFN6O/c19-13-6-12(3-4-14(13)20)24-17-16-15(22-10-23-17)7-21-18(25-16)26-5-1-2-11(8-26)9-27/h3-4,6-7,10-11,27H,1-2,5,8-9H2,(H,22,23,24). The average molecular weight is 389 g/mol. The van der Waals surface area contributed by atoms with Crippen LogP contribution in [0.25, 0.3) is 11.0 Å². The summed E-state index contributed by atoms with van der Waals surface area (Å²) in [4.78, 5) is 19.6. The number of hydrogen-bond donors (Lipinski definition) is 2. The van der Waals surface area contributed by atoms with Gasteiger partial charge in [0, 0.05) is 25.4 Å². The number of halogens is 2. The molecule has 3 aromatic rings. The molecule has 9 heteroatoms. The number of aliphatic hydroxyl groups is 1. The molecule has 1 saturated heterocycles. The molecule has 2 N–H and O–H groups in total. The van der Waals surface area contributed by atoms with Crippen molar-refractivity contribution in [3.05, 3.63) is 41.6 Å². The summed E-state index contributed by atoms with van der Waals surface area (Å²) in [5.74, 6) is 0.810. The quantitative estimate of drug-likeness (QED) is 0.709. The summed E-state index contributed by atoms with van der Waals surface area (Å²) in [7, 11) is 0. The molecule has 4 rings (SSSR count). The minimum atomic E-state index is -0.483. The number of nitrogens with zero attached hydrogens (tertiary/aromatic N) is 5. The van der Waals surface area contributed by atoms with Gasteiger partial charge in [-0.05, 0) is 37.0 Å². The van der Waals surface area contributed by atoms with Gasteiger partial charge < -0.3 is 15.3 Å². The van der Waals surface area contributed by atoms with Crippen molar-refractivity contribution in [1.29, 1.82) is 0 Å². The van der Waals surface area contributed by atoms with E-state index in [1.807, 2.05) is 0 Å². The topological polar surface area (TPSA) is 87.1 Å². The van der Waals surface area contributed by atoms with Crippen molar-refractivity contribution in [2.75, 3.05) is 29.9 Å². The Bertz CT molecular complexity index is 972. The molecular formula is C18H18ClFN6O. The van der Waals surface area contributed by atoms with Crippen LogP contribution < -0.4 is 10.2 Å². The fourth-order valence-corrected chi connectivity index (χ4v) is 3.38. The summed E-state index contributed by atoms with van der Waals surface area (Å²) in [6.45, 7) is 1.71. The molecule has 0 bridgehead atoms. The van der Waals surface area contributed by atoms with Gasteiger partial charge in [0.05, 0.1) is 11.2 Å². The third-order valence-corrected chi connectivity index (χ3v) is 4.90. The van der Waals surface area contributed by atoms with E-state index in [9.17, 15) is 9.50 Å². The monoisotopic (exact) mass is 388 g/mol. The number of piperidine rings is 1. The Kier molecular flexibility index (Phi) is 5.00. The Labute approximate surface area is 160 Å². The lowest BCUT2D eigenvalue weighted by Gasteiger charge is -2.31. The van der Waals surface area contributed by atoms with Gasteiger partial charge >= 0.3 is 0 Å². The van der Waals surface area contributed by atoms with Crippen molar-refractivity contribution in [3.63, 3.8) is 0 Å². The number of nitrogens with one attached hydrogen (secondary N) is 1. The van der Waals surface area contributed by atoms with Crippen LogP contribution in [0.3, 0.4) is 0 Å². The Morgan fingerprint density at radius 1 is 1.30 bits per heavy atom. The number of anilines is 3. The Hall–Kier alpha value is -2.58. The molecule has 1 aromatic carbocycles. The summed E-state index contributed by atoms with van der Waals surface area (Å²) in [6, 6.07) is 4.36. The van der Waals surface area contributed by atoms with E-state index in [2.05, 4.69) is 30.2 Å². The molecule has 0 aliphatic carbocycles. The highest BCUT2D eigenvalue weighted by molar-refractivity contribution is 6.31. The lowest BCUT2D eigenvalue weighted by atomic mass is 9.99. The van der Waals surface area contributed by atoms with E-state index in [1.54, 1.807) is 12.3 Å². The molecule has 1 unspecified atom stereocenters. The maximum atomic E-state index is 13.4. The van der Waals surface area contributed by atoms with Crippen LogP contribution >= 0.6 is 11.6 Å². The number of rotatable bonds is 4. The molecule has 1 fully saturated rings. The van der Waals surface area contributed by atoms with E-state index in [-0.39, 0.29) is 17.5 Å². The van der Waals surface area contributed by atoms with E-state index in [1.165, 1.54) is 18.5 Å². The summed E-state index contributed by atoms with van der Waals surface area (Å²) >= 11 is 5.85. The second-order valence-electron chi connectivity index (χ2n) is 6.52.